The van der Waals surface area contributed by atoms with Crippen molar-refractivity contribution in [1.82, 2.24) is 24.5 Å². The molecule has 1 aliphatic heterocycles. The minimum Gasteiger partial charge on any atom is -0.335 e. The van der Waals surface area contributed by atoms with E-state index in [9.17, 15) is 4.79 Å². The predicted molar refractivity (Wildman–Crippen MR) is 77.7 cm³/mol. The molecule has 1 aliphatic rings. The van der Waals surface area contributed by atoms with Gasteiger partial charge in [-0.2, -0.15) is 10.2 Å². The van der Waals surface area contributed by atoms with E-state index in [1.165, 1.54) is 0 Å². The summed E-state index contributed by atoms with van der Waals surface area (Å²) in [6, 6.07) is 2.19. The van der Waals surface area contributed by atoms with Crippen LogP contribution in [0.2, 0.25) is 0 Å². The molecule has 7 heteroatoms. The van der Waals surface area contributed by atoms with Gasteiger partial charge in [-0.25, -0.2) is 0 Å². The Hall–Kier alpha value is -1.38. The largest absolute Gasteiger partial charge is 0.335 e. The molecule has 0 bridgehead atoms. The average Bonchev–Trinajstić information content (AvgIpc) is 3.09. The van der Waals surface area contributed by atoms with Crippen molar-refractivity contribution in [2.75, 3.05) is 13.1 Å². The van der Waals surface area contributed by atoms with E-state index in [0.717, 1.165) is 16.5 Å². The Balaban J connectivity index is 1.76. The van der Waals surface area contributed by atoms with Crippen LogP contribution in [0, 0.1) is 3.57 Å². The molecule has 0 aliphatic carbocycles. The van der Waals surface area contributed by atoms with E-state index in [0.29, 0.717) is 12.2 Å². The van der Waals surface area contributed by atoms with Crippen molar-refractivity contribution in [3.8, 4) is 0 Å². The van der Waals surface area contributed by atoms with Gasteiger partial charge >= 0.3 is 0 Å². The number of halogens is 1. The number of hydrogen-bond donors (Lipinski definition) is 0. The van der Waals surface area contributed by atoms with Gasteiger partial charge in [0.2, 0.25) is 0 Å². The Morgan fingerprint density at radius 3 is 2.95 bits per heavy atom. The first kappa shape index (κ1) is 12.6. The highest BCUT2D eigenvalue weighted by molar-refractivity contribution is 14.1. The first-order valence-electron chi connectivity index (χ1n) is 6.12. The lowest BCUT2D eigenvalue weighted by Gasteiger charge is -2.17. The zero-order valence-electron chi connectivity index (χ0n) is 10.5. The van der Waals surface area contributed by atoms with Gasteiger partial charge in [-0.1, -0.05) is 0 Å². The number of hydrogen-bond acceptors (Lipinski definition) is 3. The summed E-state index contributed by atoms with van der Waals surface area (Å²) in [5.41, 5.74) is 0.668. The van der Waals surface area contributed by atoms with Gasteiger partial charge < -0.3 is 4.90 Å². The van der Waals surface area contributed by atoms with Crippen molar-refractivity contribution in [3.05, 3.63) is 33.9 Å². The topological polar surface area (TPSA) is 56.0 Å². The Bertz CT molecular complexity index is 572. The number of likely N-dealkylation sites (tertiary alicyclic amines) is 1. The zero-order chi connectivity index (χ0) is 13.4. The number of aryl methyl sites for hydroxylation is 1. The second-order valence-electron chi connectivity index (χ2n) is 4.64. The van der Waals surface area contributed by atoms with Gasteiger partial charge in [0.15, 0.2) is 0 Å². The molecule has 2 aromatic heterocycles. The third-order valence-electron chi connectivity index (χ3n) is 3.45. The predicted octanol–water partition coefficient (Wildman–Crippen LogP) is 1.31. The van der Waals surface area contributed by atoms with Crippen LogP contribution in [0.1, 0.15) is 23.0 Å². The van der Waals surface area contributed by atoms with Crippen LogP contribution in [-0.4, -0.2) is 43.5 Å². The number of aromatic nitrogens is 4. The molecule has 1 atom stereocenters. The smallest absolute Gasteiger partial charge is 0.273 e. The van der Waals surface area contributed by atoms with Crippen LogP contribution in [0.3, 0.4) is 0 Å². The number of carbonyl (C=O) groups is 1. The minimum atomic E-state index is 0.0547. The monoisotopic (exact) mass is 371 g/mol. The van der Waals surface area contributed by atoms with Crippen molar-refractivity contribution >= 4 is 28.5 Å². The normalized spacial score (nSPS) is 19.1. The van der Waals surface area contributed by atoms with Gasteiger partial charge in [0.1, 0.15) is 5.69 Å². The van der Waals surface area contributed by atoms with E-state index < -0.39 is 0 Å². The Morgan fingerprint density at radius 1 is 1.47 bits per heavy atom. The van der Waals surface area contributed by atoms with Crippen LogP contribution >= 0.6 is 22.6 Å². The van der Waals surface area contributed by atoms with E-state index in [2.05, 4.69) is 32.8 Å². The summed E-state index contributed by atoms with van der Waals surface area (Å²) in [5, 5.41) is 8.37. The van der Waals surface area contributed by atoms with Crippen LogP contribution in [-0.2, 0) is 7.05 Å². The lowest BCUT2D eigenvalue weighted by atomic mass is 10.3. The highest BCUT2D eigenvalue weighted by Gasteiger charge is 2.30. The molecule has 100 valence electrons. The maximum absolute atomic E-state index is 12.5. The maximum atomic E-state index is 12.5. The fourth-order valence-electron chi connectivity index (χ4n) is 2.44. The molecule has 1 saturated heterocycles. The molecule has 6 nitrogen and oxygen atoms in total. The van der Waals surface area contributed by atoms with E-state index in [-0.39, 0.29) is 11.9 Å². The third-order valence-corrected chi connectivity index (χ3v) is 4.24. The lowest BCUT2D eigenvalue weighted by Crippen LogP contribution is -2.31. The van der Waals surface area contributed by atoms with Crippen LogP contribution in [0.15, 0.2) is 24.7 Å². The average molecular weight is 371 g/mol. The number of rotatable bonds is 2. The van der Waals surface area contributed by atoms with Crippen molar-refractivity contribution in [2.24, 2.45) is 7.05 Å². The molecule has 0 saturated carbocycles. The molecule has 2 aromatic rings. The summed E-state index contributed by atoms with van der Waals surface area (Å²) in [5.74, 6) is 0.0547. The van der Waals surface area contributed by atoms with Crippen molar-refractivity contribution < 1.29 is 4.79 Å². The summed E-state index contributed by atoms with van der Waals surface area (Å²) < 4.78 is 4.47. The Kier molecular flexibility index (Phi) is 3.29. The van der Waals surface area contributed by atoms with E-state index in [1.807, 2.05) is 21.8 Å². The van der Waals surface area contributed by atoms with Crippen LogP contribution < -0.4 is 0 Å². The van der Waals surface area contributed by atoms with E-state index >= 15 is 0 Å². The van der Waals surface area contributed by atoms with Crippen LogP contribution in [0.5, 0.6) is 0 Å². The summed E-state index contributed by atoms with van der Waals surface area (Å²) in [4.78, 5) is 14.4. The molecular weight excluding hydrogens is 357 g/mol. The Morgan fingerprint density at radius 2 is 2.32 bits per heavy atom. The van der Waals surface area contributed by atoms with Gasteiger partial charge in [-0.05, 0) is 35.1 Å². The molecule has 1 fully saturated rings. The molecule has 3 heterocycles. The lowest BCUT2D eigenvalue weighted by molar-refractivity contribution is 0.0775. The highest BCUT2D eigenvalue weighted by atomic mass is 127. The zero-order valence-corrected chi connectivity index (χ0v) is 12.7. The maximum Gasteiger partial charge on any atom is 0.273 e. The molecule has 3 rings (SSSR count). The van der Waals surface area contributed by atoms with Crippen molar-refractivity contribution in [1.29, 1.82) is 0 Å². The molecule has 19 heavy (non-hydrogen) atoms. The SMILES string of the molecule is Cn1ncc(I)c1C(=O)N1CCC(n2cccn2)C1. The quantitative estimate of drug-likeness (QED) is 0.749. The first-order chi connectivity index (χ1) is 9.16. The van der Waals surface area contributed by atoms with Crippen molar-refractivity contribution in [2.45, 2.75) is 12.5 Å². The molecule has 0 spiro atoms. The first-order valence-corrected chi connectivity index (χ1v) is 7.20. The highest BCUT2D eigenvalue weighted by Crippen LogP contribution is 2.23. The standard InChI is InChI=1S/C12H14IN5O/c1-16-11(10(13)7-15-16)12(19)17-6-3-9(8-17)18-5-2-4-14-18/h2,4-5,7,9H,3,6,8H2,1H3. The number of nitrogens with zero attached hydrogens (tertiary/aromatic N) is 5. The molecule has 0 N–H and O–H groups in total. The summed E-state index contributed by atoms with van der Waals surface area (Å²) in [7, 11) is 1.80. The molecule has 0 aromatic carbocycles. The summed E-state index contributed by atoms with van der Waals surface area (Å²) >= 11 is 2.15. The number of amides is 1. The third kappa shape index (κ3) is 2.26. The fourth-order valence-corrected chi connectivity index (χ4v) is 3.14. The molecule has 1 unspecified atom stereocenters. The van der Waals surface area contributed by atoms with Gasteiger partial charge in [0.05, 0.1) is 15.8 Å². The number of carbonyl (C=O) groups excluding carboxylic acids is 1. The fraction of sp³-hybridized carbons (Fsp3) is 0.417. The van der Waals surface area contributed by atoms with E-state index in [4.69, 9.17) is 0 Å². The summed E-state index contributed by atoms with van der Waals surface area (Å²) in [6.45, 7) is 1.48. The van der Waals surface area contributed by atoms with Gasteiger partial charge in [-0.15, -0.1) is 0 Å². The van der Waals surface area contributed by atoms with Gasteiger partial charge in [0, 0.05) is 32.5 Å². The second kappa shape index (κ2) is 4.95. The minimum absolute atomic E-state index is 0.0547. The molecular formula is C12H14IN5O. The van der Waals surface area contributed by atoms with E-state index in [1.54, 1.807) is 24.1 Å². The molecule has 1 amide bonds. The Labute approximate surface area is 124 Å². The van der Waals surface area contributed by atoms with Crippen LogP contribution in [0.25, 0.3) is 0 Å². The second-order valence-corrected chi connectivity index (χ2v) is 5.81. The molecule has 0 radical (unpaired) electrons. The summed E-state index contributed by atoms with van der Waals surface area (Å²) in [6.07, 6.45) is 6.39. The van der Waals surface area contributed by atoms with Gasteiger partial charge in [0.25, 0.3) is 5.91 Å². The van der Waals surface area contributed by atoms with Crippen molar-refractivity contribution in [3.63, 3.8) is 0 Å². The van der Waals surface area contributed by atoms with Gasteiger partial charge in [-0.3, -0.25) is 14.2 Å². The van der Waals surface area contributed by atoms with Crippen LogP contribution in [0.4, 0.5) is 0 Å².